The number of carbonyl (C=O) groups is 1. The van der Waals surface area contributed by atoms with Gasteiger partial charge in [-0.1, -0.05) is 24.3 Å². The van der Waals surface area contributed by atoms with Crippen LogP contribution >= 0.6 is 11.3 Å². The van der Waals surface area contributed by atoms with E-state index in [1.165, 1.54) is 6.20 Å². The summed E-state index contributed by atoms with van der Waals surface area (Å²) >= 11 is 1.58. The summed E-state index contributed by atoms with van der Waals surface area (Å²) in [4.78, 5) is 30.4. The van der Waals surface area contributed by atoms with Crippen LogP contribution < -0.4 is 5.32 Å². The SMILES string of the molecule is O=C(Nc1cncc(-c2ccc3[nH]nc(-c4nc5c(-c6cccs6)nccc5[nH]4)c3c2F)c1)c1ccccc1. The number of amides is 1. The summed E-state index contributed by atoms with van der Waals surface area (Å²) in [5, 5.41) is 12.4. The Balaban J connectivity index is 1.29. The molecule has 3 N–H and O–H groups in total. The molecule has 5 heterocycles. The molecule has 0 bridgehead atoms. The molecule has 2 aromatic carbocycles. The number of halogens is 1. The number of H-pyrrole nitrogens is 2. The Morgan fingerprint density at radius 1 is 0.949 bits per heavy atom. The predicted molar refractivity (Wildman–Crippen MR) is 150 cm³/mol. The lowest BCUT2D eigenvalue weighted by molar-refractivity contribution is 0.102. The second-order valence-corrected chi connectivity index (χ2v) is 9.77. The van der Waals surface area contributed by atoms with E-state index >= 15 is 4.39 Å². The van der Waals surface area contributed by atoms with Crippen LogP contribution in [-0.2, 0) is 0 Å². The summed E-state index contributed by atoms with van der Waals surface area (Å²) in [6, 6.07) is 19.8. The van der Waals surface area contributed by atoms with Crippen molar-refractivity contribution in [2.24, 2.45) is 0 Å². The number of nitrogens with zero attached hydrogens (tertiary/aromatic N) is 4. The number of nitrogens with one attached hydrogen (secondary N) is 3. The maximum absolute atomic E-state index is 16.1. The summed E-state index contributed by atoms with van der Waals surface area (Å²) in [6.07, 6.45) is 4.80. The molecule has 5 aromatic heterocycles. The normalized spacial score (nSPS) is 11.3. The minimum absolute atomic E-state index is 0.274. The molecule has 7 rings (SSSR count). The molecule has 0 saturated carbocycles. The molecule has 0 spiro atoms. The van der Waals surface area contributed by atoms with Gasteiger partial charge in [0, 0.05) is 29.1 Å². The van der Waals surface area contributed by atoms with Gasteiger partial charge in [-0.2, -0.15) is 5.10 Å². The van der Waals surface area contributed by atoms with E-state index in [9.17, 15) is 4.79 Å². The van der Waals surface area contributed by atoms with Gasteiger partial charge < -0.3 is 10.3 Å². The first kappa shape index (κ1) is 22.9. The lowest BCUT2D eigenvalue weighted by Crippen LogP contribution is -2.11. The number of aromatic amines is 2. The van der Waals surface area contributed by atoms with Gasteiger partial charge in [0.2, 0.25) is 0 Å². The van der Waals surface area contributed by atoms with Crippen molar-refractivity contribution in [1.29, 1.82) is 0 Å². The standard InChI is InChI=1S/C29H18FN7OS/c30-24-19(17-13-18(15-31-14-17)33-29(38)16-5-2-1-3-6-16)8-9-20-23(24)27(37-36-20)28-34-21-10-11-32-26(25(21)35-28)22-7-4-12-39-22/h1-15H,(H,33,38)(H,34,35)(H,36,37). The molecule has 8 nitrogen and oxygen atoms in total. The predicted octanol–water partition coefficient (Wildman–Crippen LogP) is 6.68. The van der Waals surface area contributed by atoms with E-state index in [1.54, 1.807) is 66.2 Å². The Labute approximate surface area is 224 Å². The second-order valence-electron chi connectivity index (χ2n) is 8.82. The minimum atomic E-state index is -0.471. The van der Waals surface area contributed by atoms with Crippen LogP contribution in [0.5, 0.6) is 0 Å². The largest absolute Gasteiger partial charge is 0.336 e. The number of anilines is 1. The van der Waals surface area contributed by atoms with E-state index in [1.807, 2.05) is 29.6 Å². The maximum atomic E-state index is 16.1. The molecule has 0 aliphatic heterocycles. The zero-order chi connectivity index (χ0) is 26.3. The van der Waals surface area contributed by atoms with Crippen LogP contribution in [0.15, 0.2) is 90.7 Å². The lowest BCUT2D eigenvalue weighted by atomic mass is 10.0. The van der Waals surface area contributed by atoms with Crippen LogP contribution in [0.1, 0.15) is 10.4 Å². The highest BCUT2D eigenvalue weighted by molar-refractivity contribution is 7.13. The number of hydrogen-bond acceptors (Lipinski definition) is 6. The fourth-order valence-electron chi connectivity index (χ4n) is 4.56. The molecule has 0 radical (unpaired) electrons. The topological polar surface area (TPSA) is 112 Å². The summed E-state index contributed by atoms with van der Waals surface area (Å²) in [5.74, 6) is -0.314. The van der Waals surface area contributed by atoms with Gasteiger partial charge in [0.15, 0.2) is 5.82 Å². The molecule has 39 heavy (non-hydrogen) atoms. The van der Waals surface area contributed by atoms with Crippen LogP contribution in [0.2, 0.25) is 0 Å². The molecule has 10 heteroatoms. The third-order valence-electron chi connectivity index (χ3n) is 6.39. The summed E-state index contributed by atoms with van der Waals surface area (Å²) < 4.78 is 16.1. The highest BCUT2D eigenvalue weighted by Crippen LogP contribution is 2.36. The van der Waals surface area contributed by atoms with Crippen molar-refractivity contribution in [2.75, 3.05) is 5.32 Å². The third-order valence-corrected chi connectivity index (χ3v) is 7.27. The molecular weight excluding hydrogens is 513 g/mol. The fourth-order valence-corrected chi connectivity index (χ4v) is 5.28. The Bertz CT molecular complexity index is 1980. The first-order valence-corrected chi connectivity index (χ1v) is 12.9. The van der Waals surface area contributed by atoms with Gasteiger partial charge in [0.05, 0.1) is 33.2 Å². The average Bonchev–Trinajstić information content (AvgIpc) is 3.73. The van der Waals surface area contributed by atoms with Crippen molar-refractivity contribution in [1.82, 2.24) is 30.1 Å². The Morgan fingerprint density at radius 2 is 1.85 bits per heavy atom. The molecule has 7 aromatic rings. The van der Waals surface area contributed by atoms with Gasteiger partial charge in [-0.3, -0.25) is 19.9 Å². The van der Waals surface area contributed by atoms with E-state index in [4.69, 9.17) is 4.98 Å². The van der Waals surface area contributed by atoms with Gasteiger partial charge in [0.25, 0.3) is 5.91 Å². The highest BCUT2D eigenvalue weighted by atomic mass is 32.1. The maximum Gasteiger partial charge on any atom is 0.255 e. The molecular formula is C29H18FN7OS. The monoisotopic (exact) mass is 531 g/mol. The number of rotatable bonds is 5. The number of aromatic nitrogens is 6. The number of carbonyl (C=O) groups excluding carboxylic acids is 1. The van der Waals surface area contributed by atoms with E-state index in [2.05, 4.69) is 30.5 Å². The molecule has 0 unspecified atom stereocenters. The summed E-state index contributed by atoms with van der Waals surface area (Å²) in [6.45, 7) is 0. The van der Waals surface area contributed by atoms with Gasteiger partial charge in [0.1, 0.15) is 22.7 Å². The van der Waals surface area contributed by atoms with Crippen LogP contribution in [0, 0.1) is 5.82 Å². The Morgan fingerprint density at radius 3 is 2.69 bits per heavy atom. The van der Waals surface area contributed by atoms with Crippen molar-refractivity contribution in [3.63, 3.8) is 0 Å². The number of pyridine rings is 2. The molecule has 0 atom stereocenters. The summed E-state index contributed by atoms with van der Waals surface area (Å²) in [5.41, 5.74) is 4.93. The quantitative estimate of drug-likeness (QED) is 0.229. The third kappa shape index (κ3) is 4.03. The van der Waals surface area contributed by atoms with Crippen molar-refractivity contribution in [3.8, 4) is 33.2 Å². The first-order valence-electron chi connectivity index (χ1n) is 12.0. The fraction of sp³-hybridized carbons (Fsp3) is 0. The van der Waals surface area contributed by atoms with E-state index in [0.717, 1.165) is 16.1 Å². The highest BCUT2D eigenvalue weighted by Gasteiger charge is 2.21. The van der Waals surface area contributed by atoms with Gasteiger partial charge >= 0.3 is 0 Å². The Hall–Kier alpha value is -5.22. The number of imidazole rings is 1. The Kier molecular flexibility index (Phi) is 5.45. The summed E-state index contributed by atoms with van der Waals surface area (Å²) in [7, 11) is 0. The zero-order valence-electron chi connectivity index (χ0n) is 20.1. The van der Waals surface area contributed by atoms with Crippen molar-refractivity contribution >= 4 is 44.9 Å². The van der Waals surface area contributed by atoms with Crippen LogP contribution in [0.4, 0.5) is 10.1 Å². The zero-order valence-corrected chi connectivity index (χ0v) is 21.0. The smallest absolute Gasteiger partial charge is 0.255 e. The second kappa shape index (κ2) is 9.26. The molecule has 0 aliphatic carbocycles. The van der Waals surface area contributed by atoms with Crippen LogP contribution in [-0.4, -0.2) is 36.0 Å². The van der Waals surface area contributed by atoms with Gasteiger partial charge in [-0.05, 0) is 47.8 Å². The molecule has 1 amide bonds. The van der Waals surface area contributed by atoms with Crippen LogP contribution in [0.3, 0.4) is 0 Å². The number of benzene rings is 2. The molecule has 188 valence electrons. The van der Waals surface area contributed by atoms with Crippen molar-refractivity contribution < 1.29 is 9.18 Å². The molecule has 0 aliphatic rings. The number of hydrogen-bond donors (Lipinski definition) is 3. The first-order chi connectivity index (χ1) is 19.2. The average molecular weight is 532 g/mol. The van der Waals surface area contributed by atoms with E-state index in [-0.39, 0.29) is 5.91 Å². The van der Waals surface area contributed by atoms with E-state index in [0.29, 0.717) is 50.3 Å². The van der Waals surface area contributed by atoms with Crippen molar-refractivity contribution in [2.45, 2.75) is 0 Å². The van der Waals surface area contributed by atoms with Crippen molar-refractivity contribution in [3.05, 3.63) is 102 Å². The number of fused-ring (bicyclic) bond motifs is 2. The van der Waals surface area contributed by atoms with E-state index < -0.39 is 5.82 Å². The minimum Gasteiger partial charge on any atom is -0.336 e. The van der Waals surface area contributed by atoms with Crippen LogP contribution in [0.25, 0.3) is 55.2 Å². The van der Waals surface area contributed by atoms with Gasteiger partial charge in [-0.15, -0.1) is 11.3 Å². The lowest BCUT2D eigenvalue weighted by Gasteiger charge is -2.09. The van der Waals surface area contributed by atoms with Gasteiger partial charge in [-0.25, -0.2) is 9.37 Å². The molecule has 0 fully saturated rings. The number of thiophene rings is 1. The molecule has 0 saturated heterocycles.